The molecule has 2 rings (SSSR count). The average Bonchev–Trinajstić information content (AvgIpc) is 2.53. The second kappa shape index (κ2) is 4.12. The van der Waals surface area contributed by atoms with Crippen LogP contribution in [0.2, 0.25) is 0 Å². The largest absolute Gasteiger partial charge is 0.398 e. The number of nitrogens with one attached hydrogen (secondary N) is 1. The molecule has 1 amide bonds. The Hall–Kier alpha value is -1.20. The summed E-state index contributed by atoms with van der Waals surface area (Å²) in [6.45, 7) is 0.119. The highest BCUT2D eigenvalue weighted by molar-refractivity contribution is 7.99. The molecule has 80 valence electrons. The summed E-state index contributed by atoms with van der Waals surface area (Å²) in [6, 6.07) is 3.70. The molecule has 0 spiro atoms. The van der Waals surface area contributed by atoms with Crippen molar-refractivity contribution in [3.8, 4) is 0 Å². The van der Waals surface area contributed by atoms with Gasteiger partial charge in [0.25, 0.3) is 0 Å². The van der Waals surface area contributed by atoms with Crippen LogP contribution in [0.1, 0.15) is 5.56 Å². The molecule has 1 aromatic rings. The normalized spacial score (nSPS) is 13.8. The second-order valence-corrected chi connectivity index (χ2v) is 4.48. The zero-order valence-corrected chi connectivity index (χ0v) is 8.93. The van der Waals surface area contributed by atoms with Crippen molar-refractivity contribution in [2.24, 2.45) is 0 Å². The Morgan fingerprint density at radius 3 is 3.07 bits per heavy atom. The van der Waals surface area contributed by atoms with Gasteiger partial charge in [0.1, 0.15) is 0 Å². The van der Waals surface area contributed by atoms with Crippen LogP contribution in [0.3, 0.4) is 0 Å². The topological polar surface area (TPSA) is 75.3 Å². The smallest absolute Gasteiger partial charge is 0.228 e. The van der Waals surface area contributed by atoms with E-state index < -0.39 is 0 Å². The first-order chi connectivity index (χ1) is 7.20. The zero-order chi connectivity index (χ0) is 10.8. The van der Waals surface area contributed by atoms with E-state index in [-0.39, 0.29) is 12.5 Å². The Balaban J connectivity index is 2.27. The van der Waals surface area contributed by atoms with Crippen molar-refractivity contribution < 1.29 is 9.90 Å². The molecular weight excluding hydrogens is 212 g/mol. The van der Waals surface area contributed by atoms with Gasteiger partial charge in [0.15, 0.2) is 0 Å². The molecule has 0 radical (unpaired) electrons. The molecule has 0 saturated heterocycles. The molecule has 0 atom stereocenters. The van der Waals surface area contributed by atoms with Gasteiger partial charge in [0.05, 0.1) is 13.0 Å². The van der Waals surface area contributed by atoms with Gasteiger partial charge in [-0.1, -0.05) is 0 Å². The van der Waals surface area contributed by atoms with Crippen LogP contribution in [0.15, 0.2) is 17.0 Å². The van der Waals surface area contributed by atoms with Crippen LogP contribution in [-0.4, -0.2) is 23.4 Å². The van der Waals surface area contributed by atoms with Gasteiger partial charge in [-0.2, -0.15) is 0 Å². The molecular formula is C10H12N2O2S. The molecule has 1 aromatic carbocycles. The number of carbonyl (C=O) groups excluding carboxylic acids is 1. The fourth-order valence-electron chi connectivity index (χ4n) is 1.55. The zero-order valence-electron chi connectivity index (χ0n) is 8.12. The molecule has 4 nitrogen and oxygen atoms in total. The summed E-state index contributed by atoms with van der Waals surface area (Å²) in [5, 5.41) is 11.5. The lowest BCUT2D eigenvalue weighted by atomic mass is 10.1. The molecule has 0 fully saturated rings. The summed E-state index contributed by atoms with van der Waals surface area (Å²) in [5.74, 6) is 0.616. The van der Waals surface area contributed by atoms with Crippen molar-refractivity contribution in [1.82, 2.24) is 0 Å². The van der Waals surface area contributed by atoms with Crippen molar-refractivity contribution in [2.45, 2.75) is 11.3 Å². The minimum Gasteiger partial charge on any atom is -0.398 e. The number of aliphatic hydroxyl groups is 1. The maximum absolute atomic E-state index is 11.1. The van der Waals surface area contributed by atoms with Crippen LogP contribution >= 0.6 is 11.8 Å². The minimum absolute atomic E-state index is 0.00806. The van der Waals surface area contributed by atoms with E-state index in [1.165, 1.54) is 11.8 Å². The van der Waals surface area contributed by atoms with Gasteiger partial charge in [-0.3, -0.25) is 4.79 Å². The number of carbonyl (C=O) groups is 1. The average molecular weight is 224 g/mol. The van der Waals surface area contributed by atoms with Crippen molar-refractivity contribution in [2.75, 3.05) is 23.4 Å². The Bertz CT molecular complexity index is 407. The predicted molar refractivity (Wildman–Crippen MR) is 61.0 cm³/mol. The van der Waals surface area contributed by atoms with Gasteiger partial charge in [-0.25, -0.2) is 0 Å². The lowest BCUT2D eigenvalue weighted by Crippen LogP contribution is -2.03. The second-order valence-electron chi connectivity index (χ2n) is 3.34. The molecule has 0 aromatic heterocycles. The van der Waals surface area contributed by atoms with Gasteiger partial charge in [-0.15, -0.1) is 11.8 Å². The van der Waals surface area contributed by atoms with E-state index in [1.807, 2.05) is 12.1 Å². The molecule has 5 heteroatoms. The van der Waals surface area contributed by atoms with Gasteiger partial charge >= 0.3 is 0 Å². The number of amides is 1. The number of hydrogen-bond acceptors (Lipinski definition) is 4. The highest BCUT2D eigenvalue weighted by Gasteiger charge is 2.19. The maximum Gasteiger partial charge on any atom is 0.228 e. The monoisotopic (exact) mass is 224 g/mol. The van der Waals surface area contributed by atoms with Gasteiger partial charge < -0.3 is 16.2 Å². The summed E-state index contributed by atoms with van der Waals surface area (Å²) in [6.07, 6.45) is 0.407. The third-order valence-corrected chi connectivity index (χ3v) is 3.26. The third kappa shape index (κ3) is 2.08. The van der Waals surface area contributed by atoms with Crippen LogP contribution in [0, 0.1) is 0 Å². The van der Waals surface area contributed by atoms with E-state index in [0.29, 0.717) is 17.9 Å². The van der Waals surface area contributed by atoms with E-state index in [1.54, 1.807) is 0 Å². The summed E-state index contributed by atoms with van der Waals surface area (Å²) in [4.78, 5) is 12.0. The number of fused-ring (bicyclic) bond motifs is 1. The summed E-state index contributed by atoms with van der Waals surface area (Å²) < 4.78 is 0. The van der Waals surface area contributed by atoms with Crippen LogP contribution in [0.4, 0.5) is 11.4 Å². The molecule has 0 aliphatic carbocycles. The molecule has 0 saturated carbocycles. The Labute approximate surface area is 91.9 Å². The van der Waals surface area contributed by atoms with Crippen LogP contribution < -0.4 is 11.1 Å². The maximum atomic E-state index is 11.1. The highest BCUT2D eigenvalue weighted by atomic mass is 32.2. The molecule has 15 heavy (non-hydrogen) atoms. The minimum atomic E-state index is 0.00806. The fourth-order valence-corrected chi connectivity index (χ4v) is 2.29. The van der Waals surface area contributed by atoms with Crippen molar-refractivity contribution in [3.63, 3.8) is 0 Å². The first-order valence-corrected chi connectivity index (χ1v) is 5.65. The quantitative estimate of drug-likeness (QED) is 0.525. The van der Waals surface area contributed by atoms with E-state index in [0.717, 1.165) is 16.1 Å². The molecule has 1 aliphatic heterocycles. The number of nitrogen functional groups attached to an aromatic ring is 1. The first kappa shape index (κ1) is 10.3. The predicted octanol–water partition coefficient (Wildman–Crippen LogP) is 0.848. The van der Waals surface area contributed by atoms with Gasteiger partial charge in [0, 0.05) is 22.0 Å². The number of aliphatic hydroxyl groups excluding tert-OH is 1. The number of anilines is 2. The standard InChI is InChI=1S/C10H12N2O2S/c11-7-3-6-4-10(14)12-8(6)5-9(7)15-2-1-13/h3,5,13H,1-2,4,11H2,(H,12,14). The van der Waals surface area contributed by atoms with Crippen LogP contribution in [0.5, 0.6) is 0 Å². The molecule has 0 unspecified atom stereocenters. The SMILES string of the molecule is Nc1cc2c(cc1SCCO)NC(=O)C2. The van der Waals surface area contributed by atoms with Crippen LogP contribution in [0.25, 0.3) is 0 Å². The summed E-state index contributed by atoms with van der Waals surface area (Å²) in [5.41, 5.74) is 8.30. The fraction of sp³-hybridized carbons (Fsp3) is 0.300. The lowest BCUT2D eigenvalue weighted by molar-refractivity contribution is -0.115. The number of hydrogen-bond donors (Lipinski definition) is 3. The van der Waals surface area contributed by atoms with Crippen LogP contribution in [-0.2, 0) is 11.2 Å². The van der Waals surface area contributed by atoms with E-state index in [4.69, 9.17) is 10.8 Å². The van der Waals surface area contributed by atoms with Gasteiger partial charge in [0.2, 0.25) is 5.91 Å². The third-order valence-electron chi connectivity index (χ3n) is 2.21. The summed E-state index contributed by atoms with van der Waals surface area (Å²) >= 11 is 1.49. The molecule has 1 aliphatic rings. The molecule has 4 N–H and O–H groups in total. The Morgan fingerprint density at radius 1 is 1.53 bits per heavy atom. The summed E-state index contributed by atoms with van der Waals surface area (Å²) in [7, 11) is 0. The van der Waals surface area contributed by atoms with E-state index >= 15 is 0 Å². The number of rotatable bonds is 3. The Morgan fingerprint density at radius 2 is 2.33 bits per heavy atom. The Kier molecular flexibility index (Phi) is 2.83. The van der Waals surface area contributed by atoms with E-state index in [2.05, 4.69) is 5.32 Å². The number of benzene rings is 1. The van der Waals surface area contributed by atoms with Crippen molar-refractivity contribution >= 4 is 29.0 Å². The number of thioether (sulfide) groups is 1. The van der Waals surface area contributed by atoms with Crippen molar-refractivity contribution in [3.05, 3.63) is 17.7 Å². The highest BCUT2D eigenvalue weighted by Crippen LogP contribution is 2.33. The van der Waals surface area contributed by atoms with E-state index in [9.17, 15) is 4.79 Å². The molecule has 1 heterocycles. The number of nitrogens with two attached hydrogens (primary N) is 1. The first-order valence-electron chi connectivity index (χ1n) is 4.66. The lowest BCUT2D eigenvalue weighted by Gasteiger charge is -2.07. The molecule has 0 bridgehead atoms. The van der Waals surface area contributed by atoms with Gasteiger partial charge in [-0.05, 0) is 17.7 Å². The van der Waals surface area contributed by atoms with Crippen molar-refractivity contribution in [1.29, 1.82) is 0 Å².